The molecule has 0 aromatic rings. The summed E-state index contributed by atoms with van der Waals surface area (Å²) in [5.41, 5.74) is 4.88. The average molecular weight is 91.1 g/mol. The summed E-state index contributed by atoms with van der Waals surface area (Å²) in [6.07, 6.45) is 0. The summed E-state index contributed by atoms with van der Waals surface area (Å²) in [6, 6.07) is 0. The SMILES string of the molecule is NCOCCO. The van der Waals surface area contributed by atoms with Crippen molar-refractivity contribution < 1.29 is 9.84 Å². The molecule has 0 bridgehead atoms. The predicted octanol–water partition coefficient (Wildman–Crippen LogP) is -1.09. The second kappa shape index (κ2) is 4.88. The van der Waals surface area contributed by atoms with E-state index in [1.807, 2.05) is 0 Å². The highest BCUT2D eigenvalue weighted by atomic mass is 16.5. The maximum atomic E-state index is 8.02. The number of hydrogen-bond donors (Lipinski definition) is 2. The average Bonchev–Trinajstić information content (AvgIpc) is 1.61. The highest BCUT2D eigenvalue weighted by Crippen LogP contribution is 1.61. The van der Waals surface area contributed by atoms with Gasteiger partial charge in [0.15, 0.2) is 0 Å². The Bertz CT molecular complexity index is 20.8. The van der Waals surface area contributed by atoms with Gasteiger partial charge < -0.3 is 15.6 Å². The van der Waals surface area contributed by atoms with Crippen LogP contribution in [-0.4, -0.2) is 25.1 Å². The van der Waals surface area contributed by atoms with Crippen molar-refractivity contribution in [1.82, 2.24) is 0 Å². The van der Waals surface area contributed by atoms with Gasteiger partial charge in [-0.25, -0.2) is 0 Å². The van der Waals surface area contributed by atoms with Crippen molar-refractivity contribution in [3.8, 4) is 0 Å². The number of aliphatic hydroxyl groups is 1. The smallest absolute Gasteiger partial charge is 0.0941 e. The van der Waals surface area contributed by atoms with Crippen molar-refractivity contribution in [2.75, 3.05) is 19.9 Å². The summed E-state index contributed by atoms with van der Waals surface area (Å²) in [7, 11) is 0. The quantitative estimate of drug-likeness (QED) is 0.343. The van der Waals surface area contributed by atoms with Crippen LogP contribution in [0.5, 0.6) is 0 Å². The van der Waals surface area contributed by atoms with Crippen LogP contribution in [0.2, 0.25) is 0 Å². The Labute approximate surface area is 36.7 Å². The van der Waals surface area contributed by atoms with Crippen LogP contribution < -0.4 is 5.73 Å². The van der Waals surface area contributed by atoms with Crippen LogP contribution in [0.4, 0.5) is 0 Å². The maximum Gasteiger partial charge on any atom is 0.0941 e. The van der Waals surface area contributed by atoms with Gasteiger partial charge >= 0.3 is 0 Å². The normalized spacial score (nSPS) is 9.00. The van der Waals surface area contributed by atoms with Crippen LogP contribution in [0.25, 0.3) is 0 Å². The maximum absolute atomic E-state index is 8.02. The van der Waals surface area contributed by atoms with E-state index in [9.17, 15) is 0 Å². The Balaban J connectivity index is 2.34. The lowest BCUT2D eigenvalue weighted by atomic mass is 10.8. The van der Waals surface area contributed by atoms with Crippen LogP contribution >= 0.6 is 0 Å². The van der Waals surface area contributed by atoms with E-state index in [1.54, 1.807) is 0 Å². The van der Waals surface area contributed by atoms with Gasteiger partial charge in [-0.15, -0.1) is 0 Å². The molecule has 0 radical (unpaired) electrons. The molecule has 0 rings (SSSR count). The van der Waals surface area contributed by atoms with E-state index in [2.05, 4.69) is 4.74 Å². The first-order valence-electron chi connectivity index (χ1n) is 1.80. The van der Waals surface area contributed by atoms with Crippen molar-refractivity contribution in [3.63, 3.8) is 0 Å². The topological polar surface area (TPSA) is 55.5 Å². The van der Waals surface area contributed by atoms with Crippen LogP contribution in [0.1, 0.15) is 0 Å². The minimum absolute atomic E-state index is 0.0528. The Hall–Kier alpha value is -0.120. The van der Waals surface area contributed by atoms with Crippen LogP contribution in [0.15, 0.2) is 0 Å². The van der Waals surface area contributed by atoms with Crippen molar-refractivity contribution in [2.45, 2.75) is 0 Å². The zero-order valence-corrected chi connectivity index (χ0v) is 3.55. The van der Waals surface area contributed by atoms with E-state index < -0.39 is 0 Å². The number of aliphatic hydroxyl groups excluding tert-OH is 1. The Morgan fingerprint density at radius 1 is 1.67 bits per heavy atom. The first-order chi connectivity index (χ1) is 2.91. The van der Waals surface area contributed by atoms with Gasteiger partial charge in [-0.1, -0.05) is 0 Å². The molecule has 0 aliphatic carbocycles. The lowest BCUT2D eigenvalue weighted by molar-refractivity contribution is 0.0970. The lowest BCUT2D eigenvalue weighted by Crippen LogP contribution is -2.07. The zero-order chi connectivity index (χ0) is 4.83. The largest absolute Gasteiger partial charge is 0.394 e. The lowest BCUT2D eigenvalue weighted by Gasteiger charge is -1.91. The molecule has 0 fully saturated rings. The molecule has 0 atom stereocenters. The van der Waals surface area contributed by atoms with Gasteiger partial charge in [-0.2, -0.15) is 0 Å². The van der Waals surface area contributed by atoms with E-state index in [-0.39, 0.29) is 13.3 Å². The molecule has 0 aliphatic heterocycles. The molecule has 0 spiro atoms. The minimum atomic E-state index is 0.0528. The fraction of sp³-hybridized carbons (Fsp3) is 1.00. The van der Waals surface area contributed by atoms with Crippen molar-refractivity contribution >= 4 is 0 Å². The molecule has 0 unspecified atom stereocenters. The molecule has 6 heavy (non-hydrogen) atoms. The fourth-order valence-corrected chi connectivity index (χ4v) is 0.148. The molecular formula is C3H9NO2. The van der Waals surface area contributed by atoms with Gasteiger partial charge in [0.1, 0.15) is 0 Å². The molecule has 0 heterocycles. The molecule has 0 aromatic carbocycles. The highest BCUT2D eigenvalue weighted by Gasteiger charge is 1.73. The Morgan fingerprint density at radius 2 is 2.33 bits per heavy atom. The third-order valence-corrected chi connectivity index (χ3v) is 0.353. The standard InChI is InChI=1S/C3H9NO2/c4-3-6-2-1-5/h5H,1-4H2. The molecular weight excluding hydrogens is 82.0 g/mol. The second-order valence-corrected chi connectivity index (χ2v) is 0.799. The summed E-state index contributed by atoms with van der Waals surface area (Å²) in [5, 5.41) is 8.02. The van der Waals surface area contributed by atoms with E-state index >= 15 is 0 Å². The molecule has 38 valence electrons. The Morgan fingerprint density at radius 3 is 2.50 bits per heavy atom. The van der Waals surface area contributed by atoms with Gasteiger partial charge in [0.25, 0.3) is 0 Å². The zero-order valence-electron chi connectivity index (χ0n) is 3.55. The highest BCUT2D eigenvalue weighted by molar-refractivity contribution is 4.17. The first kappa shape index (κ1) is 5.88. The van der Waals surface area contributed by atoms with Crippen molar-refractivity contribution in [3.05, 3.63) is 0 Å². The third kappa shape index (κ3) is 3.88. The summed E-state index contributed by atoms with van der Waals surface area (Å²) in [4.78, 5) is 0. The summed E-state index contributed by atoms with van der Waals surface area (Å²) in [6.45, 7) is 0.592. The predicted molar refractivity (Wildman–Crippen MR) is 22.1 cm³/mol. The van der Waals surface area contributed by atoms with Crippen LogP contribution in [-0.2, 0) is 4.74 Å². The van der Waals surface area contributed by atoms with E-state index in [4.69, 9.17) is 10.8 Å². The molecule has 0 aliphatic rings. The summed E-state index contributed by atoms with van der Waals surface area (Å²) >= 11 is 0. The second-order valence-electron chi connectivity index (χ2n) is 0.799. The summed E-state index contributed by atoms with van der Waals surface area (Å²) in [5.74, 6) is 0. The van der Waals surface area contributed by atoms with Gasteiger partial charge in [0, 0.05) is 0 Å². The number of rotatable bonds is 3. The molecule has 0 saturated heterocycles. The number of nitrogens with two attached hydrogens (primary N) is 1. The van der Waals surface area contributed by atoms with Gasteiger partial charge in [-0.05, 0) is 0 Å². The third-order valence-electron chi connectivity index (χ3n) is 0.353. The molecule has 0 aromatic heterocycles. The van der Waals surface area contributed by atoms with Crippen LogP contribution in [0, 0.1) is 0 Å². The molecule has 0 amide bonds. The van der Waals surface area contributed by atoms with Crippen molar-refractivity contribution in [1.29, 1.82) is 0 Å². The van der Waals surface area contributed by atoms with Gasteiger partial charge in [0.2, 0.25) is 0 Å². The molecule has 3 N–H and O–H groups in total. The monoisotopic (exact) mass is 91.1 g/mol. The Kier molecular flexibility index (Phi) is 4.78. The number of ether oxygens (including phenoxy) is 1. The fourth-order valence-electron chi connectivity index (χ4n) is 0.148. The summed E-state index contributed by atoms with van der Waals surface area (Å²) < 4.78 is 4.51. The van der Waals surface area contributed by atoms with Crippen LogP contribution in [0.3, 0.4) is 0 Å². The molecule has 3 nitrogen and oxygen atoms in total. The van der Waals surface area contributed by atoms with E-state index in [1.165, 1.54) is 0 Å². The number of hydrogen-bond acceptors (Lipinski definition) is 3. The van der Waals surface area contributed by atoms with Crippen molar-refractivity contribution in [2.24, 2.45) is 5.73 Å². The van der Waals surface area contributed by atoms with E-state index in [0.717, 1.165) is 0 Å². The van der Waals surface area contributed by atoms with Gasteiger partial charge in [0.05, 0.1) is 19.9 Å². The van der Waals surface area contributed by atoms with Gasteiger partial charge in [-0.3, -0.25) is 0 Å². The first-order valence-corrected chi connectivity index (χ1v) is 1.80. The molecule has 0 saturated carbocycles. The minimum Gasteiger partial charge on any atom is -0.394 e. The molecule has 3 heteroatoms. The van der Waals surface area contributed by atoms with E-state index in [0.29, 0.717) is 6.61 Å².